The van der Waals surface area contributed by atoms with Gasteiger partial charge in [0.15, 0.2) is 0 Å². The smallest absolute Gasteiger partial charge is 0.220 e. The summed E-state index contributed by atoms with van der Waals surface area (Å²) in [4.78, 5) is 12.2. The maximum Gasteiger partial charge on any atom is 0.220 e. The van der Waals surface area contributed by atoms with Gasteiger partial charge in [-0.25, -0.2) is 0 Å². The number of hydrogen-bond donors (Lipinski definition) is 2. The number of carbonyl (C=O) groups is 1. The molecule has 0 aliphatic rings. The summed E-state index contributed by atoms with van der Waals surface area (Å²) in [5.74, 6) is 0.424. The monoisotopic (exact) mass is 346 g/mol. The molecule has 0 bridgehead atoms. The fourth-order valence-electron chi connectivity index (χ4n) is 2.78. The average molecular weight is 347 g/mol. The third kappa shape index (κ3) is 7.62. The van der Waals surface area contributed by atoms with Crippen LogP contribution >= 0.6 is 12.4 Å². The first-order valence-electron chi connectivity index (χ1n) is 8.32. The van der Waals surface area contributed by atoms with E-state index in [-0.39, 0.29) is 18.3 Å². The fourth-order valence-corrected chi connectivity index (χ4v) is 2.78. The Hall–Kier alpha value is -1.84. The van der Waals surface area contributed by atoms with Gasteiger partial charge in [-0.2, -0.15) is 0 Å². The van der Waals surface area contributed by atoms with Crippen LogP contribution in [0.25, 0.3) is 0 Å². The Balaban J connectivity index is 0.00000288. The zero-order valence-corrected chi connectivity index (χ0v) is 14.8. The fraction of sp³-hybridized carbons (Fsp3) is 0.350. The molecule has 0 aromatic heterocycles. The van der Waals surface area contributed by atoms with Crippen LogP contribution in [-0.4, -0.2) is 19.0 Å². The predicted molar refractivity (Wildman–Crippen MR) is 102 cm³/mol. The number of carbonyl (C=O) groups excluding carboxylic acids is 1. The zero-order chi connectivity index (χ0) is 16.3. The van der Waals surface area contributed by atoms with E-state index in [1.54, 1.807) is 0 Å². The van der Waals surface area contributed by atoms with Crippen molar-refractivity contribution in [3.63, 3.8) is 0 Å². The lowest BCUT2D eigenvalue weighted by Gasteiger charge is -2.17. The SMILES string of the molecule is Cl.NCCCNC(=O)CC(Cc1ccccc1)Cc1ccccc1. The number of hydrogen-bond acceptors (Lipinski definition) is 2. The first kappa shape index (κ1) is 20.2. The number of amides is 1. The molecular weight excluding hydrogens is 320 g/mol. The van der Waals surface area contributed by atoms with Crippen LogP contribution in [0.3, 0.4) is 0 Å². The molecule has 2 rings (SSSR count). The second-order valence-corrected chi connectivity index (χ2v) is 5.94. The molecule has 1 amide bonds. The van der Waals surface area contributed by atoms with Crippen LogP contribution in [0.4, 0.5) is 0 Å². The highest BCUT2D eigenvalue weighted by Crippen LogP contribution is 2.18. The first-order valence-corrected chi connectivity index (χ1v) is 8.32. The molecule has 0 saturated carbocycles. The highest BCUT2D eigenvalue weighted by atomic mass is 35.5. The van der Waals surface area contributed by atoms with Crippen LogP contribution in [0.15, 0.2) is 60.7 Å². The van der Waals surface area contributed by atoms with Gasteiger partial charge >= 0.3 is 0 Å². The van der Waals surface area contributed by atoms with Crippen LogP contribution in [0.1, 0.15) is 24.0 Å². The lowest BCUT2D eigenvalue weighted by Crippen LogP contribution is -2.28. The second kappa shape index (κ2) is 11.7. The Morgan fingerprint density at radius 3 is 1.88 bits per heavy atom. The van der Waals surface area contributed by atoms with Crippen LogP contribution in [0.5, 0.6) is 0 Å². The van der Waals surface area contributed by atoms with E-state index in [1.807, 2.05) is 12.1 Å². The molecule has 3 N–H and O–H groups in total. The molecule has 0 fully saturated rings. The van der Waals surface area contributed by atoms with Crippen LogP contribution in [0, 0.1) is 5.92 Å². The number of rotatable bonds is 9. The van der Waals surface area contributed by atoms with Gasteiger partial charge in [-0.3, -0.25) is 4.79 Å². The van der Waals surface area contributed by atoms with Crippen LogP contribution in [-0.2, 0) is 17.6 Å². The van der Waals surface area contributed by atoms with Gasteiger partial charge in [0.1, 0.15) is 0 Å². The Kier molecular flexibility index (Phi) is 9.81. The summed E-state index contributed by atoms with van der Waals surface area (Å²) in [7, 11) is 0. The van der Waals surface area contributed by atoms with E-state index in [4.69, 9.17) is 5.73 Å². The topological polar surface area (TPSA) is 55.1 Å². The van der Waals surface area contributed by atoms with Crippen molar-refractivity contribution in [2.75, 3.05) is 13.1 Å². The molecule has 2 aromatic rings. The Morgan fingerprint density at radius 1 is 0.917 bits per heavy atom. The van der Waals surface area contributed by atoms with E-state index in [0.717, 1.165) is 19.3 Å². The highest BCUT2D eigenvalue weighted by Gasteiger charge is 2.15. The minimum Gasteiger partial charge on any atom is -0.356 e. The van der Waals surface area contributed by atoms with Crippen molar-refractivity contribution in [1.82, 2.24) is 5.32 Å². The van der Waals surface area contributed by atoms with Gasteiger partial charge in [-0.1, -0.05) is 60.7 Å². The van der Waals surface area contributed by atoms with Crippen molar-refractivity contribution in [1.29, 1.82) is 0 Å². The maximum atomic E-state index is 12.2. The van der Waals surface area contributed by atoms with E-state index < -0.39 is 0 Å². The van der Waals surface area contributed by atoms with Gasteiger partial charge in [-0.05, 0) is 42.9 Å². The molecule has 0 heterocycles. The van der Waals surface area contributed by atoms with Gasteiger partial charge in [-0.15, -0.1) is 12.4 Å². The standard InChI is InChI=1S/C20H26N2O.ClH/c21-12-7-13-22-20(23)16-19(14-17-8-3-1-4-9-17)15-18-10-5-2-6-11-18;/h1-6,8-11,19H,7,12-16,21H2,(H,22,23);1H. The predicted octanol–water partition coefficient (Wildman–Crippen LogP) is 3.36. The summed E-state index contributed by atoms with van der Waals surface area (Å²) in [5, 5.41) is 2.97. The zero-order valence-electron chi connectivity index (χ0n) is 14.0. The average Bonchev–Trinajstić information content (AvgIpc) is 2.57. The quantitative estimate of drug-likeness (QED) is 0.684. The number of benzene rings is 2. The van der Waals surface area contributed by atoms with Gasteiger partial charge in [0, 0.05) is 13.0 Å². The molecule has 0 spiro atoms. The molecular formula is C20H27ClN2O. The summed E-state index contributed by atoms with van der Waals surface area (Å²) in [6, 6.07) is 20.8. The molecule has 0 unspecified atom stereocenters. The number of nitrogens with two attached hydrogens (primary N) is 1. The van der Waals surface area contributed by atoms with Crippen molar-refractivity contribution >= 4 is 18.3 Å². The summed E-state index contributed by atoms with van der Waals surface area (Å²) in [6.45, 7) is 1.27. The Bertz CT molecular complexity index is 533. The van der Waals surface area contributed by atoms with Crippen molar-refractivity contribution in [3.8, 4) is 0 Å². The molecule has 4 heteroatoms. The van der Waals surface area contributed by atoms with Crippen LogP contribution < -0.4 is 11.1 Å². The number of nitrogens with one attached hydrogen (secondary N) is 1. The lowest BCUT2D eigenvalue weighted by molar-refractivity contribution is -0.122. The third-order valence-corrected chi connectivity index (χ3v) is 3.91. The molecule has 3 nitrogen and oxygen atoms in total. The normalized spacial score (nSPS) is 10.2. The van der Waals surface area contributed by atoms with Crippen molar-refractivity contribution in [2.24, 2.45) is 11.7 Å². The number of halogens is 1. The minimum absolute atomic E-state index is 0. The van der Waals surface area contributed by atoms with E-state index in [2.05, 4.69) is 53.8 Å². The lowest BCUT2D eigenvalue weighted by atomic mass is 9.89. The summed E-state index contributed by atoms with van der Waals surface area (Å²) in [6.07, 6.45) is 3.21. The van der Waals surface area contributed by atoms with E-state index >= 15 is 0 Å². The molecule has 0 aliphatic carbocycles. The third-order valence-electron chi connectivity index (χ3n) is 3.91. The van der Waals surface area contributed by atoms with Crippen LogP contribution in [0.2, 0.25) is 0 Å². The summed E-state index contributed by atoms with van der Waals surface area (Å²) in [5.41, 5.74) is 8.03. The largest absolute Gasteiger partial charge is 0.356 e. The van der Waals surface area contributed by atoms with E-state index in [0.29, 0.717) is 25.4 Å². The summed E-state index contributed by atoms with van der Waals surface area (Å²) < 4.78 is 0. The first-order chi connectivity index (χ1) is 11.3. The van der Waals surface area contributed by atoms with Crippen molar-refractivity contribution in [2.45, 2.75) is 25.7 Å². The van der Waals surface area contributed by atoms with Crippen molar-refractivity contribution < 1.29 is 4.79 Å². The molecule has 0 saturated heterocycles. The van der Waals surface area contributed by atoms with E-state index in [1.165, 1.54) is 11.1 Å². The molecule has 0 atom stereocenters. The summed E-state index contributed by atoms with van der Waals surface area (Å²) >= 11 is 0. The molecule has 0 aliphatic heterocycles. The van der Waals surface area contributed by atoms with Gasteiger partial charge in [0.25, 0.3) is 0 Å². The molecule has 24 heavy (non-hydrogen) atoms. The van der Waals surface area contributed by atoms with Gasteiger partial charge < -0.3 is 11.1 Å². The molecule has 0 radical (unpaired) electrons. The Labute approximate surface area is 151 Å². The van der Waals surface area contributed by atoms with Gasteiger partial charge in [0.05, 0.1) is 0 Å². The molecule has 2 aromatic carbocycles. The highest BCUT2D eigenvalue weighted by molar-refractivity contribution is 5.85. The van der Waals surface area contributed by atoms with E-state index in [9.17, 15) is 4.79 Å². The maximum absolute atomic E-state index is 12.2. The molecule has 130 valence electrons. The second-order valence-electron chi connectivity index (χ2n) is 5.94. The van der Waals surface area contributed by atoms with Crippen molar-refractivity contribution in [3.05, 3.63) is 71.8 Å². The Morgan fingerprint density at radius 2 is 1.42 bits per heavy atom. The minimum atomic E-state index is 0. The van der Waals surface area contributed by atoms with Gasteiger partial charge in [0.2, 0.25) is 5.91 Å².